The van der Waals surface area contributed by atoms with Crippen molar-refractivity contribution >= 4 is 5.84 Å². The van der Waals surface area contributed by atoms with Crippen LogP contribution in [0.1, 0.15) is 0 Å². The first kappa shape index (κ1) is 9.40. The van der Waals surface area contributed by atoms with Crippen LogP contribution in [0.3, 0.4) is 0 Å². The lowest BCUT2D eigenvalue weighted by molar-refractivity contribution is -0.133. The summed E-state index contributed by atoms with van der Waals surface area (Å²) in [7, 11) is 0. The third kappa shape index (κ3) is 1.42. The maximum Gasteiger partial charge on any atom is 0.270 e. The molecule has 0 radical (unpaired) electrons. The van der Waals surface area contributed by atoms with Crippen LogP contribution < -0.4 is 11.1 Å². The molecule has 1 rings (SSSR count). The van der Waals surface area contributed by atoms with Gasteiger partial charge >= 0.3 is 0 Å². The first-order valence-electron chi connectivity index (χ1n) is 3.58. The second kappa shape index (κ2) is 3.36. The summed E-state index contributed by atoms with van der Waals surface area (Å²) in [5.74, 6) is -0.0995. The zero-order valence-electron chi connectivity index (χ0n) is 6.42. The Hall–Kier alpha value is -0.690. The topological polar surface area (TPSA) is 122 Å². The molecule has 0 bridgehead atoms. The van der Waals surface area contributed by atoms with Crippen LogP contribution in [0, 0.1) is 0 Å². The van der Waals surface area contributed by atoms with Crippen LogP contribution in [-0.2, 0) is 4.74 Å². The quantitative estimate of drug-likeness (QED) is 0.215. The smallest absolute Gasteiger partial charge is 0.270 e. The normalized spacial score (nSPS) is 41.6. The van der Waals surface area contributed by atoms with E-state index in [1.807, 2.05) is 0 Å². The summed E-state index contributed by atoms with van der Waals surface area (Å²) < 4.78 is 4.96. The molecular formula is C6H13N2O4+. The first-order valence-corrected chi connectivity index (χ1v) is 3.58. The molecule has 6 heteroatoms. The summed E-state index contributed by atoms with van der Waals surface area (Å²) in [5.41, 5.74) is 5.18. The Morgan fingerprint density at radius 2 is 2.00 bits per heavy atom. The van der Waals surface area contributed by atoms with Crippen molar-refractivity contribution in [3.8, 4) is 0 Å². The van der Waals surface area contributed by atoms with Crippen molar-refractivity contribution in [2.45, 2.75) is 24.4 Å². The van der Waals surface area contributed by atoms with Crippen LogP contribution >= 0.6 is 0 Å². The van der Waals surface area contributed by atoms with Crippen molar-refractivity contribution in [2.75, 3.05) is 6.61 Å². The van der Waals surface area contributed by atoms with Gasteiger partial charge in [0.1, 0.15) is 18.3 Å². The Morgan fingerprint density at radius 1 is 1.42 bits per heavy atom. The van der Waals surface area contributed by atoms with E-state index >= 15 is 0 Å². The van der Waals surface area contributed by atoms with E-state index in [4.69, 9.17) is 21.0 Å². The SMILES string of the molecule is NC(=[NH2+])[C@@H]1O[C@H](CO)[C@@H](O)[C@H]1O. The van der Waals surface area contributed by atoms with E-state index < -0.39 is 24.4 Å². The molecule has 0 aliphatic carbocycles. The molecule has 6 nitrogen and oxygen atoms in total. The highest BCUT2D eigenvalue weighted by Gasteiger charge is 2.45. The van der Waals surface area contributed by atoms with Gasteiger partial charge in [-0.2, -0.15) is 0 Å². The maximum absolute atomic E-state index is 9.26. The number of hydrogen-bond acceptors (Lipinski definition) is 4. The Kier molecular flexibility index (Phi) is 2.63. The molecule has 1 saturated heterocycles. The fraction of sp³-hybridized carbons (Fsp3) is 0.833. The van der Waals surface area contributed by atoms with Crippen molar-refractivity contribution in [1.82, 2.24) is 0 Å². The first-order chi connectivity index (χ1) is 5.57. The van der Waals surface area contributed by atoms with Crippen molar-refractivity contribution in [3.05, 3.63) is 0 Å². The van der Waals surface area contributed by atoms with Gasteiger partial charge < -0.3 is 20.1 Å². The molecule has 0 aromatic carbocycles. The molecule has 0 aromatic heterocycles. The van der Waals surface area contributed by atoms with Gasteiger partial charge in [-0.1, -0.05) is 0 Å². The summed E-state index contributed by atoms with van der Waals surface area (Å²) in [6.45, 7) is -0.373. The molecule has 70 valence electrons. The van der Waals surface area contributed by atoms with Crippen molar-refractivity contribution in [2.24, 2.45) is 5.73 Å². The number of aliphatic hydroxyl groups excluding tert-OH is 3. The van der Waals surface area contributed by atoms with Gasteiger partial charge in [0.05, 0.1) is 6.61 Å². The van der Waals surface area contributed by atoms with Crippen LogP contribution in [0.15, 0.2) is 0 Å². The van der Waals surface area contributed by atoms with E-state index in [1.54, 1.807) is 0 Å². The molecule has 12 heavy (non-hydrogen) atoms. The predicted molar refractivity (Wildman–Crippen MR) is 38.9 cm³/mol. The third-order valence-corrected chi connectivity index (χ3v) is 1.87. The fourth-order valence-corrected chi connectivity index (χ4v) is 1.18. The lowest BCUT2D eigenvalue weighted by Crippen LogP contribution is -2.56. The van der Waals surface area contributed by atoms with Crippen LogP contribution in [0.5, 0.6) is 0 Å². The van der Waals surface area contributed by atoms with Crippen LogP contribution in [0.2, 0.25) is 0 Å². The van der Waals surface area contributed by atoms with E-state index in [-0.39, 0.29) is 12.4 Å². The molecule has 1 aliphatic rings. The second-order valence-electron chi connectivity index (χ2n) is 2.76. The lowest BCUT2D eigenvalue weighted by Gasteiger charge is -2.10. The van der Waals surface area contributed by atoms with Gasteiger partial charge in [0.2, 0.25) is 0 Å². The number of aliphatic hydroxyl groups is 3. The summed E-state index contributed by atoms with van der Waals surface area (Å²) >= 11 is 0. The molecule has 0 amide bonds. The molecule has 0 aromatic rings. The zero-order valence-corrected chi connectivity index (χ0v) is 6.42. The highest BCUT2D eigenvalue weighted by molar-refractivity contribution is 5.80. The zero-order chi connectivity index (χ0) is 9.30. The molecular weight excluding hydrogens is 164 g/mol. The summed E-state index contributed by atoms with van der Waals surface area (Å²) in [5, 5.41) is 32.3. The number of nitrogens with two attached hydrogens (primary N) is 2. The highest BCUT2D eigenvalue weighted by Crippen LogP contribution is 2.19. The summed E-state index contributed by atoms with van der Waals surface area (Å²) in [4.78, 5) is 0. The Balaban J connectivity index is 2.66. The van der Waals surface area contributed by atoms with Crippen LogP contribution in [0.4, 0.5) is 0 Å². The molecule has 4 atom stereocenters. The van der Waals surface area contributed by atoms with E-state index in [0.29, 0.717) is 0 Å². The van der Waals surface area contributed by atoms with Gasteiger partial charge in [-0.05, 0) is 0 Å². The van der Waals surface area contributed by atoms with Gasteiger partial charge in [0, 0.05) is 0 Å². The number of amidine groups is 1. The fourth-order valence-electron chi connectivity index (χ4n) is 1.18. The van der Waals surface area contributed by atoms with Crippen LogP contribution in [0.25, 0.3) is 0 Å². The van der Waals surface area contributed by atoms with Gasteiger partial charge in [-0.3, -0.25) is 11.1 Å². The molecule has 0 spiro atoms. The van der Waals surface area contributed by atoms with Crippen molar-refractivity contribution in [3.63, 3.8) is 0 Å². The average molecular weight is 177 g/mol. The second-order valence-corrected chi connectivity index (χ2v) is 2.76. The molecule has 1 fully saturated rings. The largest absolute Gasteiger partial charge is 0.394 e. The van der Waals surface area contributed by atoms with Gasteiger partial charge in [0.25, 0.3) is 5.84 Å². The van der Waals surface area contributed by atoms with E-state index in [2.05, 4.69) is 0 Å². The van der Waals surface area contributed by atoms with Crippen molar-refractivity contribution in [1.29, 1.82) is 0 Å². The van der Waals surface area contributed by atoms with Gasteiger partial charge in [-0.15, -0.1) is 0 Å². The lowest BCUT2D eigenvalue weighted by atomic mass is 10.1. The molecule has 1 heterocycles. The van der Waals surface area contributed by atoms with Gasteiger partial charge in [0.15, 0.2) is 6.10 Å². The van der Waals surface area contributed by atoms with Crippen LogP contribution in [-0.4, -0.2) is 52.2 Å². The molecule has 1 aliphatic heterocycles. The standard InChI is InChI=1S/C6H12N2O4/c7-6(8)5-4(11)3(10)2(1-9)12-5/h2-5,9-11H,1H2,(H3,7,8)/p+1/t2-,3-,4-,5-/m1/s1. The third-order valence-electron chi connectivity index (χ3n) is 1.87. The minimum absolute atomic E-state index is 0.0995. The monoisotopic (exact) mass is 177 g/mol. The molecule has 7 N–H and O–H groups in total. The molecule has 0 unspecified atom stereocenters. The van der Waals surface area contributed by atoms with Crippen molar-refractivity contribution < 1.29 is 25.5 Å². The summed E-state index contributed by atoms with van der Waals surface area (Å²) in [6, 6.07) is 0. The van der Waals surface area contributed by atoms with E-state index in [0.717, 1.165) is 0 Å². The predicted octanol–water partition coefficient (Wildman–Crippen LogP) is -4.42. The van der Waals surface area contributed by atoms with E-state index in [1.165, 1.54) is 0 Å². The van der Waals surface area contributed by atoms with Gasteiger partial charge in [-0.25, -0.2) is 0 Å². The molecule has 0 saturated carbocycles. The average Bonchev–Trinajstić information content (AvgIpc) is 2.30. The number of hydrogen-bond donors (Lipinski definition) is 5. The summed E-state index contributed by atoms with van der Waals surface area (Å²) in [6.07, 6.45) is -4.00. The Bertz CT molecular complexity index is 186. The number of ether oxygens (including phenoxy) is 1. The highest BCUT2D eigenvalue weighted by atomic mass is 16.6. The minimum Gasteiger partial charge on any atom is -0.394 e. The Morgan fingerprint density at radius 3 is 2.25 bits per heavy atom. The van der Waals surface area contributed by atoms with E-state index in [9.17, 15) is 10.2 Å². The maximum atomic E-state index is 9.26. The minimum atomic E-state index is -1.16. The Labute approximate surface area is 69.1 Å². The number of rotatable bonds is 2.